The molecule has 34 heavy (non-hydrogen) atoms. The topological polar surface area (TPSA) is 107 Å². The minimum Gasteiger partial charge on any atom is -0.385 e. The molecule has 9 nitrogen and oxygen atoms in total. The van der Waals surface area contributed by atoms with Crippen LogP contribution in [0.4, 0.5) is 0 Å². The molecule has 0 bridgehead atoms. The average molecular weight is 527 g/mol. The maximum absolute atomic E-state index is 11.5. The third kappa shape index (κ3) is 5.78. The number of piperazine rings is 1. The Morgan fingerprint density at radius 1 is 1.26 bits per heavy atom. The summed E-state index contributed by atoms with van der Waals surface area (Å²) in [5, 5.41) is 7.89. The minimum absolute atomic E-state index is 0.387. The summed E-state index contributed by atoms with van der Waals surface area (Å²) in [5.74, 6) is 1.17. The van der Waals surface area contributed by atoms with Gasteiger partial charge in [-0.15, -0.1) is 0 Å². The van der Waals surface area contributed by atoms with E-state index in [0.717, 1.165) is 47.5 Å². The molecule has 1 fully saturated rings. The number of nitrogens with two attached hydrogens (primary N) is 1. The van der Waals surface area contributed by atoms with Crippen LogP contribution >= 0.6 is 23.1 Å². The first-order valence-corrected chi connectivity index (χ1v) is 14.0. The van der Waals surface area contributed by atoms with E-state index in [1.54, 1.807) is 7.11 Å². The van der Waals surface area contributed by atoms with Crippen molar-refractivity contribution in [1.29, 1.82) is 0 Å². The quantitative estimate of drug-likeness (QED) is 0.435. The van der Waals surface area contributed by atoms with Gasteiger partial charge < -0.3 is 9.30 Å². The predicted octanol–water partition coefficient (Wildman–Crippen LogP) is 3.20. The van der Waals surface area contributed by atoms with E-state index in [2.05, 4.69) is 33.0 Å². The van der Waals surface area contributed by atoms with Crippen molar-refractivity contribution in [1.82, 2.24) is 23.1 Å². The van der Waals surface area contributed by atoms with Crippen molar-refractivity contribution in [2.75, 3.05) is 39.9 Å². The fourth-order valence-electron chi connectivity index (χ4n) is 4.39. The highest BCUT2D eigenvalue weighted by Crippen LogP contribution is 2.34. The Hall–Kier alpha value is -1.60. The van der Waals surface area contributed by atoms with E-state index < -0.39 is 10.2 Å². The lowest BCUT2D eigenvalue weighted by atomic mass is 10.0. The molecule has 3 aromatic rings. The number of halogens is 1. The van der Waals surface area contributed by atoms with Crippen LogP contribution in [0.3, 0.4) is 0 Å². The molecule has 1 aromatic carbocycles. The predicted molar refractivity (Wildman–Crippen MR) is 136 cm³/mol. The Kier molecular flexibility index (Phi) is 8.24. The van der Waals surface area contributed by atoms with Gasteiger partial charge in [0.25, 0.3) is 10.2 Å². The largest absolute Gasteiger partial charge is 0.385 e. The van der Waals surface area contributed by atoms with Crippen LogP contribution in [0.5, 0.6) is 0 Å². The van der Waals surface area contributed by atoms with Crippen LogP contribution in [0.1, 0.15) is 24.8 Å². The number of nitrogens with zero attached hydrogens (tertiary/aromatic N) is 5. The molecule has 0 amide bonds. The van der Waals surface area contributed by atoms with E-state index in [9.17, 15) is 8.42 Å². The number of fused-ring (bicyclic) bond motifs is 1. The number of benzene rings is 1. The van der Waals surface area contributed by atoms with Gasteiger partial charge >= 0.3 is 0 Å². The van der Waals surface area contributed by atoms with E-state index in [-0.39, 0.29) is 0 Å². The Balaban J connectivity index is 1.54. The molecule has 0 spiro atoms. The smallest absolute Gasteiger partial charge is 0.276 e. The summed E-state index contributed by atoms with van der Waals surface area (Å²) in [5.41, 5.74) is 1.98. The van der Waals surface area contributed by atoms with Crippen LogP contribution in [0.25, 0.3) is 22.3 Å². The molecule has 0 saturated carbocycles. The zero-order chi connectivity index (χ0) is 24.3. The molecule has 0 radical (unpaired) electrons. The third-order valence-corrected chi connectivity index (χ3v) is 8.46. The molecule has 2 aromatic heterocycles. The van der Waals surface area contributed by atoms with Gasteiger partial charge in [-0.05, 0) is 29.9 Å². The lowest BCUT2D eigenvalue weighted by Crippen LogP contribution is -2.50. The van der Waals surface area contributed by atoms with Crippen molar-refractivity contribution in [3.63, 3.8) is 0 Å². The Bertz CT molecular complexity index is 1220. The molecule has 12 heteroatoms. The highest BCUT2D eigenvalue weighted by atomic mass is 35.5. The normalized spacial score (nSPS) is 16.9. The van der Waals surface area contributed by atoms with Crippen molar-refractivity contribution in [3.8, 4) is 11.4 Å². The first-order valence-electron chi connectivity index (χ1n) is 11.4. The minimum atomic E-state index is -3.63. The first-order chi connectivity index (χ1) is 16.3. The van der Waals surface area contributed by atoms with Crippen LogP contribution in [0.15, 0.2) is 24.4 Å². The molecule has 3 heterocycles. The molecule has 1 saturated heterocycles. The zero-order valence-corrected chi connectivity index (χ0v) is 21.9. The van der Waals surface area contributed by atoms with E-state index >= 15 is 0 Å². The summed E-state index contributed by atoms with van der Waals surface area (Å²) < 4.78 is 36.5. The lowest BCUT2D eigenvalue weighted by Gasteiger charge is -2.32. The summed E-state index contributed by atoms with van der Waals surface area (Å²) in [6, 6.07) is 5.94. The average Bonchev–Trinajstić information content (AvgIpc) is 3.41. The van der Waals surface area contributed by atoms with Crippen LogP contribution in [0, 0.1) is 5.92 Å². The number of methoxy groups -OCH3 is 1. The SMILES string of the molecule is CCC(CCOC)Cn1cc(-c2nsc(CN3CCN(S(N)(=O)=O)CC3)n2)c2cccc(Cl)c21. The molecule has 4 rings (SSSR count). The van der Waals surface area contributed by atoms with Crippen molar-refractivity contribution >= 4 is 44.2 Å². The van der Waals surface area contributed by atoms with Gasteiger partial charge in [-0.2, -0.15) is 17.1 Å². The van der Waals surface area contributed by atoms with E-state index in [1.807, 2.05) is 12.1 Å². The summed E-state index contributed by atoms with van der Waals surface area (Å²) in [4.78, 5) is 6.99. The molecule has 0 aliphatic carbocycles. The standard InChI is InChI=1S/C22H31ClN6O3S2/c1-3-16(7-12-32-2)13-28-14-18(17-5-4-6-19(23)21(17)28)22-25-20(33-26-22)15-27-8-10-29(11-9-27)34(24,30)31/h4-6,14,16H,3,7-13,15H2,1-2H3,(H2,24,30,31). The van der Waals surface area contributed by atoms with Gasteiger partial charge in [0.15, 0.2) is 5.82 Å². The summed E-state index contributed by atoms with van der Waals surface area (Å²) in [6.45, 7) is 6.42. The highest BCUT2D eigenvalue weighted by molar-refractivity contribution is 7.86. The number of hydrogen-bond donors (Lipinski definition) is 1. The van der Waals surface area contributed by atoms with Crippen molar-refractivity contribution in [2.24, 2.45) is 11.1 Å². The van der Waals surface area contributed by atoms with Crippen molar-refractivity contribution in [2.45, 2.75) is 32.9 Å². The number of para-hydroxylation sites is 1. The van der Waals surface area contributed by atoms with Crippen molar-refractivity contribution < 1.29 is 13.2 Å². The van der Waals surface area contributed by atoms with Gasteiger partial charge in [-0.1, -0.05) is 37.1 Å². The Labute approximate surface area is 209 Å². The van der Waals surface area contributed by atoms with E-state index in [4.69, 9.17) is 26.5 Å². The zero-order valence-electron chi connectivity index (χ0n) is 19.5. The van der Waals surface area contributed by atoms with Gasteiger partial charge in [-0.25, -0.2) is 10.1 Å². The first kappa shape index (κ1) is 25.5. The Morgan fingerprint density at radius 3 is 2.71 bits per heavy atom. The van der Waals surface area contributed by atoms with Crippen LogP contribution < -0.4 is 5.14 Å². The molecule has 1 unspecified atom stereocenters. The second-order valence-electron chi connectivity index (χ2n) is 8.62. The lowest BCUT2D eigenvalue weighted by molar-refractivity contribution is 0.172. The molecular weight excluding hydrogens is 496 g/mol. The molecule has 1 aliphatic rings. The van der Waals surface area contributed by atoms with Gasteiger partial charge in [0, 0.05) is 63.6 Å². The number of rotatable bonds is 10. The van der Waals surface area contributed by atoms with Crippen LogP contribution in [-0.4, -0.2) is 71.4 Å². The monoisotopic (exact) mass is 526 g/mol. The molecular formula is C22H31ClN6O3S2. The van der Waals surface area contributed by atoms with E-state index in [1.165, 1.54) is 15.8 Å². The molecule has 1 atom stereocenters. The highest BCUT2D eigenvalue weighted by Gasteiger charge is 2.25. The number of hydrogen-bond acceptors (Lipinski definition) is 7. The maximum atomic E-state index is 11.5. The van der Waals surface area contributed by atoms with E-state index in [0.29, 0.717) is 49.5 Å². The third-order valence-electron chi connectivity index (χ3n) is 6.37. The van der Waals surface area contributed by atoms with Crippen molar-refractivity contribution in [3.05, 3.63) is 34.4 Å². The van der Waals surface area contributed by atoms with Gasteiger partial charge in [-0.3, -0.25) is 4.90 Å². The maximum Gasteiger partial charge on any atom is 0.276 e. The summed E-state index contributed by atoms with van der Waals surface area (Å²) in [6.07, 6.45) is 4.16. The number of aromatic nitrogens is 3. The van der Waals surface area contributed by atoms with Crippen LogP contribution in [0.2, 0.25) is 5.02 Å². The van der Waals surface area contributed by atoms with Crippen LogP contribution in [-0.2, 0) is 28.0 Å². The number of ether oxygens (including phenoxy) is 1. The molecule has 2 N–H and O–H groups in total. The van der Waals surface area contributed by atoms with Gasteiger partial charge in [0.1, 0.15) is 5.01 Å². The second-order valence-corrected chi connectivity index (χ2v) is 11.4. The summed E-state index contributed by atoms with van der Waals surface area (Å²) in [7, 11) is -1.90. The summed E-state index contributed by atoms with van der Waals surface area (Å²) >= 11 is 8.00. The van der Waals surface area contributed by atoms with Gasteiger partial charge in [0.05, 0.1) is 17.1 Å². The second kappa shape index (κ2) is 11.0. The molecule has 1 aliphatic heterocycles. The fraction of sp³-hybridized carbons (Fsp3) is 0.545. The molecule has 186 valence electrons. The van der Waals surface area contributed by atoms with Gasteiger partial charge in [0.2, 0.25) is 0 Å². The Morgan fingerprint density at radius 2 is 2.03 bits per heavy atom. The fourth-order valence-corrected chi connectivity index (χ4v) is 6.04.